The van der Waals surface area contributed by atoms with Gasteiger partial charge in [-0.15, -0.1) is 0 Å². The number of benzene rings is 2. The van der Waals surface area contributed by atoms with Gasteiger partial charge >= 0.3 is 0 Å². The molecule has 4 heteroatoms. The average molecular weight is 390 g/mol. The van der Waals surface area contributed by atoms with Crippen molar-refractivity contribution in [3.63, 3.8) is 0 Å². The minimum atomic E-state index is 0.0627. The van der Waals surface area contributed by atoms with E-state index in [2.05, 4.69) is 41.2 Å². The molecule has 0 fully saturated rings. The van der Waals surface area contributed by atoms with Crippen molar-refractivity contribution in [3.05, 3.63) is 58.1 Å². The molecule has 0 unspecified atom stereocenters. The van der Waals surface area contributed by atoms with Crippen molar-refractivity contribution in [1.82, 2.24) is 0 Å². The Balaban J connectivity index is 1.87. The zero-order valence-electron chi connectivity index (χ0n) is 14.4. The van der Waals surface area contributed by atoms with Gasteiger partial charge in [-0.3, -0.25) is 4.79 Å². The molecule has 3 nitrogen and oxygen atoms in total. The van der Waals surface area contributed by atoms with Gasteiger partial charge in [0.05, 0.1) is 7.11 Å². The summed E-state index contributed by atoms with van der Waals surface area (Å²) < 4.78 is 6.18. The highest BCUT2D eigenvalue weighted by Crippen LogP contribution is 2.27. The number of halogens is 1. The number of methoxy groups -OCH3 is 1. The van der Waals surface area contributed by atoms with Gasteiger partial charge < -0.3 is 10.1 Å². The topological polar surface area (TPSA) is 38.3 Å². The summed E-state index contributed by atoms with van der Waals surface area (Å²) in [6, 6.07) is 14.0. The molecule has 0 aliphatic rings. The maximum absolute atomic E-state index is 12.2. The molecular weight excluding hydrogens is 366 g/mol. The van der Waals surface area contributed by atoms with Crippen LogP contribution in [0.1, 0.15) is 43.7 Å². The zero-order valence-corrected chi connectivity index (χ0v) is 16.0. The van der Waals surface area contributed by atoms with Crippen molar-refractivity contribution in [2.45, 2.75) is 39.0 Å². The number of anilines is 1. The van der Waals surface area contributed by atoms with Gasteiger partial charge in [0.1, 0.15) is 5.75 Å². The predicted molar refractivity (Wildman–Crippen MR) is 103 cm³/mol. The van der Waals surface area contributed by atoms with Crippen molar-refractivity contribution in [2.75, 3.05) is 12.4 Å². The second-order valence-corrected chi connectivity index (χ2v) is 7.05. The summed E-state index contributed by atoms with van der Waals surface area (Å²) in [5, 5.41) is 3.04. The number of carbonyl (C=O) groups is 1. The summed E-state index contributed by atoms with van der Waals surface area (Å²) in [7, 11) is 1.66. The lowest BCUT2D eigenvalue weighted by Gasteiger charge is -2.14. The molecule has 0 bridgehead atoms. The standard InChI is InChI=1S/C20H24BrNO2/c1-14(2)18-13-16(21)9-12-19(18)22-20(23)6-4-5-15-7-10-17(24-3)11-8-15/h7-14H,4-6H2,1-3H3,(H,22,23). The third kappa shape index (κ3) is 5.38. The Hall–Kier alpha value is -1.81. The molecule has 1 amide bonds. The highest BCUT2D eigenvalue weighted by molar-refractivity contribution is 9.10. The normalized spacial score (nSPS) is 10.7. The minimum absolute atomic E-state index is 0.0627. The Morgan fingerprint density at radius 2 is 1.88 bits per heavy atom. The Morgan fingerprint density at radius 3 is 2.50 bits per heavy atom. The molecule has 0 spiro atoms. The second kappa shape index (κ2) is 8.88. The molecule has 0 saturated carbocycles. The van der Waals surface area contributed by atoms with Crippen LogP contribution < -0.4 is 10.1 Å². The number of nitrogens with one attached hydrogen (secondary N) is 1. The number of rotatable bonds is 7. The first-order valence-corrected chi connectivity index (χ1v) is 9.01. The van der Waals surface area contributed by atoms with Crippen LogP contribution in [0, 0.1) is 0 Å². The first-order valence-electron chi connectivity index (χ1n) is 8.22. The van der Waals surface area contributed by atoms with E-state index in [0.717, 1.165) is 34.3 Å². The SMILES string of the molecule is COc1ccc(CCCC(=O)Nc2ccc(Br)cc2C(C)C)cc1. The third-order valence-electron chi connectivity index (χ3n) is 3.94. The summed E-state index contributed by atoms with van der Waals surface area (Å²) in [6.07, 6.45) is 2.22. The summed E-state index contributed by atoms with van der Waals surface area (Å²) in [4.78, 5) is 12.2. The zero-order chi connectivity index (χ0) is 17.5. The van der Waals surface area contributed by atoms with E-state index in [1.54, 1.807) is 7.11 Å². The smallest absolute Gasteiger partial charge is 0.224 e. The molecule has 24 heavy (non-hydrogen) atoms. The van der Waals surface area contributed by atoms with Gasteiger partial charge in [-0.25, -0.2) is 0 Å². The van der Waals surface area contributed by atoms with E-state index in [0.29, 0.717) is 12.3 Å². The number of ether oxygens (including phenoxy) is 1. The van der Waals surface area contributed by atoms with Crippen LogP contribution in [0.15, 0.2) is 46.9 Å². The Labute approximate surface area is 152 Å². The number of carbonyl (C=O) groups excluding carboxylic acids is 1. The minimum Gasteiger partial charge on any atom is -0.497 e. The van der Waals surface area contributed by atoms with Crippen LogP contribution in [0.3, 0.4) is 0 Å². The Bertz CT molecular complexity index is 681. The number of amides is 1. The van der Waals surface area contributed by atoms with Crippen molar-refractivity contribution in [3.8, 4) is 5.75 Å². The molecular formula is C20H24BrNO2. The number of hydrogen-bond acceptors (Lipinski definition) is 2. The molecule has 0 radical (unpaired) electrons. The predicted octanol–water partition coefficient (Wildman–Crippen LogP) is 5.54. The second-order valence-electron chi connectivity index (χ2n) is 6.14. The molecule has 128 valence electrons. The van der Waals surface area contributed by atoms with Crippen molar-refractivity contribution in [1.29, 1.82) is 0 Å². The van der Waals surface area contributed by atoms with Crippen LogP contribution >= 0.6 is 15.9 Å². The van der Waals surface area contributed by atoms with Crippen LogP contribution in [0.2, 0.25) is 0 Å². The van der Waals surface area contributed by atoms with Crippen molar-refractivity contribution < 1.29 is 9.53 Å². The van der Waals surface area contributed by atoms with E-state index in [1.165, 1.54) is 5.56 Å². The summed E-state index contributed by atoms with van der Waals surface area (Å²) in [6.45, 7) is 4.25. The van der Waals surface area contributed by atoms with Crippen LogP contribution in [-0.2, 0) is 11.2 Å². The quantitative estimate of drug-likeness (QED) is 0.674. The van der Waals surface area contributed by atoms with E-state index >= 15 is 0 Å². The Kier molecular flexibility index (Phi) is 6.85. The molecule has 0 saturated heterocycles. The number of hydrogen-bond donors (Lipinski definition) is 1. The first-order chi connectivity index (χ1) is 11.5. The molecule has 1 N–H and O–H groups in total. The lowest BCUT2D eigenvalue weighted by molar-refractivity contribution is -0.116. The highest BCUT2D eigenvalue weighted by Gasteiger charge is 2.10. The first kappa shape index (κ1) is 18.5. The Morgan fingerprint density at radius 1 is 1.17 bits per heavy atom. The summed E-state index contributed by atoms with van der Waals surface area (Å²) in [5.41, 5.74) is 3.27. The molecule has 0 aromatic heterocycles. The van der Waals surface area contributed by atoms with Gasteiger partial charge in [-0.05, 0) is 60.2 Å². The monoisotopic (exact) mass is 389 g/mol. The third-order valence-corrected chi connectivity index (χ3v) is 4.43. The lowest BCUT2D eigenvalue weighted by atomic mass is 10.0. The van der Waals surface area contributed by atoms with Crippen LogP contribution in [0.25, 0.3) is 0 Å². The van der Waals surface area contributed by atoms with Gasteiger partial charge in [-0.1, -0.05) is 41.9 Å². The van der Waals surface area contributed by atoms with Gasteiger partial charge in [0, 0.05) is 16.6 Å². The van der Waals surface area contributed by atoms with Gasteiger partial charge in [0.15, 0.2) is 0 Å². The van der Waals surface area contributed by atoms with Crippen LogP contribution in [-0.4, -0.2) is 13.0 Å². The van der Waals surface area contributed by atoms with E-state index in [1.807, 2.05) is 36.4 Å². The largest absolute Gasteiger partial charge is 0.497 e. The molecule has 0 aliphatic carbocycles. The summed E-state index contributed by atoms with van der Waals surface area (Å²) >= 11 is 3.49. The fraction of sp³-hybridized carbons (Fsp3) is 0.350. The fourth-order valence-electron chi connectivity index (χ4n) is 2.58. The van der Waals surface area contributed by atoms with Gasteiger partial charge in [0.2, 0.25) is 5.91 Å². The average Bonchev–Trinajstić information content (AvgIpc) is 2.57. The van der Waals surface area contributed by atoms with E-state index in [9.17, 15) is 4.79 Å². The van der Waals surface area contributed by atoms with E-state index < -0.39 is 0 Å². The van der Waals surface area contributed by atoms with Crippen LogP contribution in [0.4, 0.5) is 5.69 Å². The lowest BCUT2D eigenvalue weighted by Crippen LogP contribution is -2.13. The molecule has 2 aromatic carbocycles. The fourth-order valence-corrected chi connectivity index (χ4v) is 2.96. The maximum atomic E-state index is 12.2. The van der Waals surface area contributed by atoms with Crippen molar-refractivity contribution >= 4 is 27.5 Å². The van der Waals surface area contributed by atoms with Gasteiger partial charge in [-0.2, -0.15) is 0 Å². The van der Waals surface area contributed by atoms with E-state index in [-0.39, 0.29) is 5.91 Å². The molecule has 2 rings (SSSR count). The number of aryl methyl sites for hydroxylation is 1. The molecule has 0 heterocycles. The molecule has 0 aliphatic heterocycles. The molecule has 0 atom stereocenters. The molecule has 2 aromatic rings. The highest BCUT2D eigenvalue weighted by atomic mass is 79.9. The van der Waals surface area contributed by atoms with Crippen molar-refractivity contribution in [2.24, 2.45) is 0 Å². The summed E-state index contributed by atoms with van der Waals surface area (Å²) in [5.74, 6) is 1.28. The van der Waals surface area contributed by atoms with Gasteiger partial charge in [0.25, 0.3) is 0 Å². The maximum Gasteiger partial charge on any atom is 0.224 e. The van der Waals surface area contributed by atoms with Crippen LogP contribution in [0.5, 0.6) is 5.75 Å². The van der Waals surface area contributed by atoms with E-state index in [4.69, 9.17) is 4.74 Å².